The van der Waals surface area contributed by atoms with E-state index in [1.54, 1.807) is 12.1 Å². The van der Waals surface area contributed by atoms with Crippen LogP contribution in [0.5, 0.6) is 0 Å². The molecule has 1 aromatic rings. The van der Waals surface area contributed by atoms with Crippen LogP contribution in [-0.2, 0) is 16.0 Å². The zero-order valence-electron chi connectivity index (χ0n) is 10.5. The van der Waals surface area contributed by atoms with Gasteiger partial charge in [0.05, 0.1) is 13.5 Å². The number of benzene rings is 1. The highest BCUT2D eigenvalue weighted by molar-refractivity contribution is 5.94. The minimum Gasteiger partial charge on any atom is -0.469 e. The van der Waals surface area contributed by atoms with Crippen LogP contribution in [0.3, 0.4) is 0 Å². The van der Waals surface area contributed by atoms with E-state index in [1.165, 1.54) is 13.2 Å². The first-order valence-electron chi connectivity index (χ1n) is 5.72. The van der Waals surface area contributed by atoms with Crippen LogP contribution in [0.15, 0.2) is 18.2 Å². The summed E-state index contributed by atoms with van der Waals surface area (Å²) in [6, 6.07) is 4.35. The van der Waals surface area contributed by atoms with Crippen molar-refractivity contribution < 1.29 is 18.7 Å². The Balaban J connectivity index is 2.56. The normalized spacial score (nSPS) is 9.94. The molecule has 0 radical (unpaired) electrons. The fourth-order valence-electron chi connectivity index (χ4n) is 1.46. The van der Waals surface area contributed by atoms with E-state index in [0.29, 0.717) is 12.0 Å². The molecule has 0 unspecified atom stereocenters. The van der Waals surface area contributed by atoms with Crippen LogP contribution in [0.25, 0.3) is 0 Å². The number of nitrogens with one attached hydrogen (secondary N) is 1. The van der Waals surface area contributed by atoms with Crippen LogP contribution in [0.4, 0.5) is 4.39 Å². The topological polar surface area (TPSA) is 55.4 Å². The third-order valence-electron chi connectivity index (χ3n) is 2.54. The van der Waals surface area contributed by atoms with E-state index >= 15 is 0 Å². The molecule has 4 nitrogen and oxygen atoms in total. The van der Waals surface area contributed by atoms with Gasteiger partial charge in [-0.2, -0.15) is 0 Å². The van der Waals surface area contributed by atoms with Gasteiger partial charge in [-0.25, -0.2) is 4.39 Å². The predicted molar refractivity (Wildman–Crippen MR) is 64.7 cm³/mol. The number of amides is 1. The lowest BCUT2D eigenvalue weighted by Crippen LogP contribution is -2.26. The molecule has 0 spiro atoms. The number of halogens is 1. The molecule has 0 saturated carbocycles. The number of carbonyl (C=O) groups excluding carboxylic acids is 2. The Bertz CT molecular complexity index is 446. The number of carbonyl (C=O) groups is 2. The van der Waals surface area contributed by atoms with Crippen LogP contribution >= 0.6 is 0 Å². The van der Waals surface area contributed by atoms with Gasteiger partial charge >= 0.3 is 5.97 Å². The molecule has 0 aliphatic heterocycles. The molecule has 18 heavy (non-hydrogen) atoms. The summed E-state index contributed by atoms with van der Waals surface area (Å²) in [5.41, 5.74) is 0.815. The van der Waals surface area contributed by atoms with Gasteiger partial charge in [-0.05, 0) is 24.1 Å². The van der Waals surface area contributed by atoms with Gasteiger partial charge < -0.3 is 10.1 Å². The zero-order valence-corrected chi connectivity index (χ0v) is 10.5. The second kappa shape index (κ2) is 6.74. The summed E-state index contributed by atoms with van der Waals surface area (Å²) in [7, 11) is 1.28. The molecule has 5 heteroatoms. The van der Waals surface area contributed by atoms with Crippen molar-refractivity contribution >= 4 is 11.9 Å². The van der Waals surface area contributed by atoms with Crippen LogP contribution < -0.4 is 5.32 Å². The van der Waals surface area contributed by atoms with E-state index in [-0.39, 0.29) is 18.5 Å². The SMILES string of the molecule is CCc1ccc(C(=O)NCCC(=O)OC)cc1F. The van der Waals surface area contributed by atoms with Gasteiger partial charge in [-0.3, -0.25) is 9.59 Å². The molecule has 1 rings (SSSR count). The van der Waals surface area contributed by atoms with Gasteiger partial charge in [0.1, 0.15) is 5.82 Å². The zero-order chi connectivity index (χ0) is 13.5. The highest BCUT2D eigenvalue weighted by Crippen LogP contribution is 2.11. The fraction of sp³-hybridized carbons (Fsp3) is 0.385. The van der Waals surface area contributed by atoms with Crippen molar-refractivity contribution in [2.75, 3.05) is 13.7 Å². The first-order valence-corrected chi connectivity index (χ1v) is 5.72. The molecule has 0 aliphatic rings. The molecule has 0 fully saturated rings. The highest BCUT2D eigenvalue weighted by atomic mass is 19.1. The minimum atomic E-state index is -0.402. The standard InChI is InChI=1S/C13H16FNO3/c1-3-9-4-5-10(8-11(9)14)13(17)15-7-6-12(16)18-2/h4-5,8H,3,6-7H2,1-2H3,(H,15,17). The maximum Gasteiger partial charge on any atom is 0.307 e. The van der Waals surface area contributed by atoms with Crippen molar-refractivity contribution in [3.63, 3.8) is 0 Å². The summed E-state index contributed by atoms with van der Waals surface area (Å²) in [6.45, 7) is 2.01. The molecule has 0 heterocycles. The summed E-state index contributed by atoms with van der Waals surface area (Å²) in [5.74, 6) is -1.19. The van der Waals surface area contributed by atoms with Gasteiger partial charge in [0.2, 0.25) is 0 Å². The first kappa shape index (κ1) is 14.2. The van der Waals surface area contributed by atoms with E-state index in [2.05, 4.69) is 10.1 Å². The Morgan fingerprint density at radius 3 is 2.67 bits per heavy atom. The molecule has 0 atom stereocenters. The van der Waals surface area contributed by atoms with E-state index in [9.17, 15) is 14.0 Å². The monoisotopic (exact) mass is 253 g/mol. The van der Waals surface area contributed by atoms with Gasteiger partial charge in [0.25, 0.3) is 5.91 Å². The quantitative estimate of drug-likeness (QED) is 0.812. The summed E-state index contributed by atoms with van der Waals surface area (Å²) < 4.78 is 17.9. The molecule has 98 valence electrons. The Morgan fingerprint density at radius 1 is 1.39 bits per heavy atom. The lowest BCUT2D eigenvalue weighted by atomic mass is 10.1. The average molecular weight is 253 g/mol. The number of methoxy groups -OCH3 is 1. The van der Waals surface area contributed by atoms with Crippen LogP contribution in [0.1, 0.15) is 29.3 Å². The largest absolute Gasteiger partial charge is 0.469 e. The van der Waals surface area contributed by atoms with E-state index < -0.39 is 17.7 Å². The number of aryl methyl sites for hydroxylation is 1. The van der Waals surface area contributed by atoms with E-state index in [4.69, 9.17) is 0 Å². The molecule has 0 bridgehead atoms. The maximum absolute atomic E-state index is 13.5. The van der Waals surface area contributed by atoms with Gasteiger partial charge in [0.15, 0.2) is 0 Å². The smallest absolute Gasteiger partial charge is 0.307 e. The molecule has 0 aromatic heterocycles. The van der Waals surface area contributed by atoms with Crippen molar-refractivity contribution in [3.8, 4) is 0 Å². The van der Waals surface area contributed by atoms with Crippen molar-refractivity contribution in [1.29, 1.82) is 0 Å². The molecule has 1 N–H and O–H groups in total. The van der Waals surface area contributed by atoms with Gasteiger partial charge in [-0.1, -0.05) is 13.0 Å². The number of hydrogen-bond donors (Lipinski definition) is 1. The molecular weight excluding hydrogens is 237 g/mol. The highest BCUT2D eigenvalue weighted by Gasteiger charge is 2.09. The van der Waals surface area contributed by atoms with Gasteiger partial charge in [0, 0.05) is 12.1 Å². The average Bonchev–Trinajstić information content (AvgIpc) is 2.38. The van der Waals surface area contributed by atoms with Crippen LogP contribution in [0, 0.1) is 5.82 Å². The number of ether oxygens (including phenoxy) is 1. The van der Waals surface area contributed by atoms with Crippen molar-refractivity contribution in [2.45, 2.75) is 19.8 Å². The molecule has 0 aliphatic carbocycles. The Kier molecular flexibility index (Phi) is 5.30. The Hall–Kier alpha value is -1.91. The van der Waals surface area contributed by atoms with Crippen molar-refractivity contribution in [2.24, 2.45) is 0 Å². The summed E-state index contributed by atoms with van der Waals surface area (Å²) in [4.78, 5) is 22.5. The third kappa shape index (κ3) is 3.84. The molecule has 1 amide bonds. The van der Waals surface area contributed by atoms with E-state index in [1.807, 2.05) is 6.92 Å². The number of esters is 1. The second-order valence-corrected chi connectivity index (χ2v) is 3.74. The second-order valence-electron chi connectivity index (χ2n) is 3.74. The summed E-state index contributed by atoms with van der Waals surface area (Å²) in [6.07, 6.45) is 0.674. The number of hydrogen-bond acceptors (Lipinski definition) is 3. The Morgan fingerprint density at radius 2 is 2.11 bits per heavy atom. The fourth-order valence-corrected chi connectivity index (χ4v) is 1.46. The first-order chi connectivity index (χ1) is 8.58. The lowest BCUT2D eigenvalue weighted by Gasteiger charge is -2.06. The Labute approximate surface area is 105 Å². The van der Waals surface area contributed by atoms with Crippen LogP contribution in [-0.4, -0.2) is 25.5 Å². The van der Waals surface area contributed by atoms with Crippen molar-refractivity contribution in [1.82, 2.24) is 5.32 Å². The lowest BCUT2D eigenvalue weighted by molar-refractivity contribution is -0.140. The molecule has 0 saturated heterocycles. The third-order valence-corrected chi connectivity index (χ3v) is 2.54. The minimum absolute atomic E-state index is 0.0950. The van der Waals surface area contributed by atoms with Crippen LogP contribution in [0.2, 0.25) is 0 Å². The number of rotatable bonds is 5. The van der Waals surface area contributed by atoms with Gasteiger partial charge in [-0.15, -0.1) is 0 Å². The van der Waals surface area contributed by atoms with Crippen molar-refractivity contribution in [3.05, 3.63) is 35.1 Å². The van der Waals surface area contributed by atoms with E-state index in [0.717, 1.165) is 0 Å². The molecule has 1 aromatic carbocycles. The summed E-state index contributed by atoms with van der Waals surface area (Å²) in [5, 5.41) is 2.52. The summed E-state index contributed by atoms with van der Waals surface area (Å²) >= 11 is 0. The molecular formula is C13H16FNO3. The maximum atomic E-state index is 13.5. The predicted octanol–water partition coefficient (Wildman–Crippen LogP) is 1.68.